The van der Waals surface area contributed by atoms with Crippen molar-refractivity contribution in [1.82, 2.24) is 4.72 Å². The van der Waals surface area contributed by atoms with Crippen LogP contribution in [0.15, 0.2) is 48.6 Å². The number of benzene rings is 2. The number of rotatable bonds is 1. The van der Waals surface area contributed by atoms with Gasteiger partial charge in [0.05, 0.1) is 17.0 Å². The molecule has 7 nitrogen and oxygen atoms in total. The third-order valence-corrected chi connectivity index (χ3v) is 12.1. The first kappa shape index (κ1) is 31.4. The summed E-state index contributed by atoms with van der Waals surface area (Å²) in [4.78, 5) is 15.7. The molecule has 1 aliphatic carbocycles. The van der Waals surface area contributed by atoms with E-state index in [1.807, 2.05) is 31.2 Å². The summed E-state index contributed by atoms with van der Waals surface area (Å²) in [7, 11) is -3.92. The number of nitriles is 1. The van der Waals surface area contributed by atoms with E-state index in [1.54, 1.807) is 25.1 Å². The van der Waals surface area contributed by atoms with Crippen molar-refractivity contribution in [2.75, 3.05) is 18.0 Å². The van der Waals surface area contributed by atoms with Crippen LogP contribution in [0.25, 0.3) is 0 Å². The summed E-state index contributed by atoms with van der Waals surface area (Å²) in [6.45, 7) is 7.71. The summed E-state index contributed by atoms with van der Waals surface area (Å²) in [6, 6.07) is 13.5. The molecule has 1 saturated carbocycles. The highest BCUT2D eigenvalue weighted by molar-refractivity contribution is 7.90. The fourth-order valence-corrected chi connectivity index (χ4v) is 8.40. The second-order valence-corrected chi connectivity index (χ2v) is 15.4. The summed E-state index contributed by atoms with van der Waals surface area (Å²) in [5, 5.41) is 9.63. The van der Waals surface area contributed by atoms with Crippen molar-refractivity contribution in [3.05, 3.63) is 70.3 Å². The second kappa shape index (κ2) is 12.9. The number of nitrogens with one attached hydrogen (secondary N) is 1. The molecule has 1 amide bonds. The summed E-state index contributed by atoms with van der Waals surface area (Å²) >= 11 is 6.33. The number of hydrogen-bond acceptors (Lipinski definition) is 6. The Morgan fingerprint density at radius 2 is 1.98 bits per heavy atom. The molecule has 2 aliphatic heterocycles. The molecule has 2 aromatic carbocycles. The Bertz CT molecular complexity index is 1530. The number of nitrogens with zero attached hydrogens (tertiary/aromatic N) is 2. The number of amides is 1. The summed E-state index contributed by atoms with van der Waals surface area (Å²) in [5.74, 6) is 0.228. The Labute approximate surface area is 261 Å². The van der Waals surface area contributed by atoms with E-state index >= 15 is 0 Å². The van der Waals surface area contributed by atoms with E-state index in [0.29, 0.717) is 36.1 Å². The van der Waals surface area contributed by atoms with Gasteiger partial charge in [-0.1, -0.05) is 43.7 Å². The number of hydrogen-bond donors (Lipinski definition) is 1. The molecule has 2 aromatic rings. The third kappa shape index (κ3) is 6.89. The van der Waals surface area contributed by atoms with Crippen molar-refractivity contribution in [3.8, 4) is 11.8 Å². The largest absolute Gasteiger partial charge is 0.487 e. The number of ether oxygens (including phenoxy) is 1. The highest BCUT2D eigenvalue weighted by Crippen LogP contribution is 2.53. The average molecular weight is 624 g/mol. The Hall–Kier alpha value is -3.02. The van der Waals surface area contributed by atoms with Crippen molar-refractivity contribution in [2.45, 2.75) is 77.6 Å². The number of aryl methyl sites for hydroxylation is 1. The predicted octanol–water partition coefficient (Wildman–Crippen LogP) is 7.05. The van der Waals surface area contributed by atoms with Crippen molar-refractivity contribution < 1.29 is 17.9 Å². The van der Waals surface area contributed by atoms with Gasteiger partial charge in [-0.2, -0.15) is 5.26 Å². The molecule has 0 saturated heterocycles. The highest BCUT2D eigenvalue weighted by Gasteiger charge is 2.47. The van der Waals surface area contributed by atoms with E-state index in [1.165, 1.54) is 5.56 Å². The Kier molecular flexibility index (Phi) is 9.43. The molecular weight excluding hydrogens is 582 g/mol. The minimum Gasteiger partial charge on any atom is -0.487 e. The van der Waals surface area contributed by atoms with Gasteiger partial charge in [-0.05, 0) is 110 Å². The molecular formula is C34H42ClN3O4S. The smallest absolute Gasteiger partial charge is 0.264 e. The van der Waals surface area contributed by atoms with Crippen molar-refractivity contribution >= 4 is 33.2 Å². The number of anilines is 1. The summed E-state index contributed by atoms with van der Waals surface area (Å²) in [6.07, 6.45) is 10.0. The van der Waals surface area contributed by atoms with Gasteiger partial charge in [-0.3, -0.25) is 4.79 Å². The maximum atomic E-state index is 13.4. The van der Waals surface area contributed by atoms with Crippen LogP contribution in [0, 0.1) is 34.5 Å². The highest BCUT2D eigenvalue weighted by atomic mass is 35.5. The van der Waals surface area contributed by atoms with Gasteiger partial charge in [0.2, 0.25) is 10.0 Å². The molecule has 0 aromatic heterocycles. The molecule has 0 spiro atoms. The number of carbonyl (C=O) groups is 1. The van der Waals surface area contributed by atoms with Crippen LogP contribution >= 0.6 is 11.6 Å². The van der Waals surface area contributed by atoms with Crippen LogP contribution in [-0.2, 0) is 23.1 Å². The van der Waals surface area contributed by atoms with Crippen LogP contribution in [0.5, 0.6) is 5.75 Å². The van der Waals surface area contributed by atoms with E-state index in [2.05, 4.69) is 28.7 Å². The molecule has 3 aliphatic rings. The lowest BCUT2D eigenvalue weighted by molar-refractivity contribution is 0.0255. The molecule has 1 fully saturated rings. The zero-order chi connectivity index (χ0) is 30.8. The fraction of sp³-hybridized carbons (Fsp3) is 0.529. The van der Waals surface area contributed by atoms with Crippen molar-refractivity contribution in [2.24, 2.45) is 23.2 Å². The van der Waals surface area contributed by atoms with Crippen LogP contribution < -0.4 is 14.4 Å². The van der Waals surface area contributed by atoms with Gasteiger partial charge in [-0.15, -0.1) is 0 Å². The van der Waals surface area contributed by atoms with Gasteiger partial charge >= 0.3 is 0 Å². The standard InChI is InChI=1S/C34H42ClN3O4S/c1-23-7-6-9-25(15-17-36)30-14-16-34(30,3)22-38-18-5-4-8-26-19-29(35)12-10-28(26)21-42-32-13-11-27(20-31(32)38)33(39)37-43(40,41)24(23)2/h6,9-13,19-20,23-25,30H,4-5,7-8,14-16,18,21-22H2,1-3H3,(H,37,39)/b9-6+/t23-,24+,25+,30-,34?/m0/s1. The lowest BCUT2D eigenvalue weighted by Crippen LogP contribution is -2.50. The number of sulfonamides is 1. The van der Waals surface area contributed by atoms with Crippen LogP contribution in [0.2, 0.25) is 5.02 Å². The van der Waals surface area contributed by atoms with Crippen LogP contribution in [0.3, 0.4) is 0 Å². The summed E-state index contributed by atoms with van der Waals surface area (Å²) < 4.78 is 35.3. The molecule has 2 heterocycles. The lowest BCUT2D eigenvalue weighted by atomic mass is 9.56. The van der Waals surface area contributed by atoms with Crippen molar-refractivity contribution in [1.29, 1.82) is 5.26 Å². The second-order valence-electron chi connectivity index (χ2n) is 12.9. The molecule has 5 atom stereocenters. The first-order valence-electron chi connectivity index (χ1n) is 15.4. The van der Waals surface area contributed by atoms with Crippen molar-refractivity contribution in [3.63, 3.8) is 0 Å². The monoisotopic (exact) mass is 623 g/mol. The van der Waals surface area contributed by atoms with Crippen LogP contribution in [0.4, 0.5) is 5.69 Å². The third-order valence-electron chi connectivity index (χ3n) is 9.97. The number of carbonyl (C=O) groups excluding carboxylic acids is 1. The fourth-order valence-electron chi connectivity index (χ4n) is 6.92. The van der Waals surface area contributed by atoms with Gasteiger partial charge < -0.3 is 9.64 Å². The maximum Gasteiger partial charge on any atom is 0.264 e. The van der Waals surface area contributed by atoms with Gasteiger partial charge in [0, 0.05) is 30.1 Å². The Morgan fingerprint density at radius 3 is 2.72 bits per heavy atom. The minimum absolute atomic E-state index is 0.0304. The van der Waals surface area contributed by atoms with E-state index < -0.39 is 21.2 Å². The number of fused-ring (bicyclic) bond motifs is 3. The topological polar surface area (TPSA) is 99.5 Å². The van der Waals surface area contributed by atoms with E-state index in [4.69, 9.17) is 16.3 Å². The molecule has 43 heavy (non-hydrogen) atoms. The van der Waals surface area contributed by atoms with Gasteiger partial charge in [-0.25, -0.2) is 13.1 Å². The van der Waals surface area contributed by atoms with E-state index in [0.717, 1.165) is 56.4 Å². The quantitative estimate of drug-likeness (QED) is 0.342. The zero-order valence-electron chi connectivity index (χ0n) is 25.3. The molecule has 2 bridgehead atoms. The first-order valence-corrected chi connectivity index (χ1v) is 17.3. The van der Waals surface area contributed by atoms with Gasteiger partial charge in [0.15, 0.2) is 0 Å². The normalized spacial score (nSPS) is 30.1. The molecule has 1 N–H and O–H groups in total. The van der Waals surface area contributed by atoms with E-state index in [-0.39, 0.29) is 22.8 Å². The molecule has 0 radical (unpaired) electrons. The number of halogens is 1. The van der Waals surface area contributed by atoms with Crippen LogP contribution in [0.1, 0.15) is 80.8 Å². The first-order chi connectivity index (χ1) is 20.5. The van der Waals surface area contributed by atoms with E-state index in [9.17, 15) is 18.5 Å². The minimum atomic E-state index is -3.92. The maximum absolute atomic E-state index is 13.4. The van der Waals surface area contributed by atoms with Gasteiger partial charge in [0.1, 0.15) is 12.4 Å². The predicted molar refractivity (Wildman–Crippen MR) is 171 cm³/mol. The molecule has 5 rings (SSSR count). The van der Waals surface area contributed by atoms with Crippen LogP contribution in [-0.4, -0.2) is 32.7 Å². The number of allylic oxidation sites excluding steroid dienone is 2. The van der Waals surface area contributed by atoms with Gasteiger partial charge in [0.25, 0.3) is 5.91 Å². The molecule has 1 unspecified atom stereocenters. The lowest BCUT2D eigenvalue weighted by Gasteiger charge is -2.52. The molecule has 230 valence electrons. The Morgan fingerprint density at radius 1 is 1.16 bits per heavy atom. The zero-order valence-corrected chi connectivity index (χ0v) is 26.9. The average Bonchev–Trinajstić information content (AvgIpc) is 2.99. The SMILES string of the molecule is C[C@@H]1[C@@H](C)C/C=C/[C@H](CC#N)[C@@H]2CCC2(C)CN2CCCCc3cc(Cl)ccc3COc3ccc(cc32)C(=O)NS1(=O)=O. The summed E-state index contributed by atoms with van der Waals surface area (Å²) in [5.41, 5.74) is 3.29. The molecule has 9 heteroatoms. The Balaban J connectivity index is 1.58.